The maximum absolute atomic E-state index is 13.8. The maximum Gasteiger partial charge on any atom is 0.341 e. The van der Waals surface area contributed by atoms with Crippen LogP contribution in [0.25, 0.3) is 6.08 Å². The van der Waals surface area contributed by atoms with Crippen LogP contribution in [0.15, 0.2) is 71.1 Å². The zero-order valence-electron chi connectivity index (χ0n) is 22.7. The summed E-state index contributed by atoms with van der Waals surface area (Å²) in [7, 11) is 0. The molecule has 212 valence electrons. The fourth-order valence-electron chi connectivity index (χ4n) is 4.04. The lowest BCUT2D eigenvalue weighted by atomic mass is 10.0. The third-order valence-electron chi connectivity index (χ3n) is 6.06. The zero-order valence-corrected chi connectivity index (χ0v) is 25.1. The summed E-state index contributed by atoms with van der Waals surface area (Å²) in [5.74, 6) is -0.674. The molecule has 1 heterocycles. The number of rotatable bonds is 10. The van der Waals surface area contributed by atoms with Crippen LogP contribution in [0.1, 0.15) is 29.2 Å². The van der Waals surface area contributed by atoms with Crippen LogP contribution in [0.4, 0.5) is 11.4 Å². The predicted octanol–water partition coefficient (Wildman–Crippen LogP) is 8.01. The molecule has 0 unspecified atom stereocenters. The highest BCUT2D eigenvalue weighted by Crippen LogP contribution is 2.40. The predicted molar refractivity (Wildman–Crippen MR) is 167 cm³/mol. The van der Waals surface area contributed by atoms with E-state index in [0.29, 0.717) is 67.1 Å². The Hall–Kier alpha value is -3.72. The Morgan fingerprint density at radius 3 is 2.41 bits per heavy atom. The van der Waals surface area contributed by atoms with E-state index in [1.54, 1.807) is 30.4 Å². The summed E-state index contributed by atoms with van der Waals surface area (Å²) >= 11 is 14.0. The standard InChI is InChI=1S/C31H28Cl2N2O5S/c1-5-7-21-12-20(13-26(39-6-2)29(21)40-17-28(36)37)14-27-30(38)35(23-11-9-19(4)25(33)16-23)31(41-27)34-22-10-8-18(3)24(32)15-22/h5,8-16H,1,6-7,17H2,2-4H3,(H,36,37)/b27-14+,34-31?. The summed E-state index contributed by atoms with van der Waals surface area (Å²) in [6.45, 7) is 9.24. The van der Waals surface area contributed by atoms with Crippen molar-refractivity contribution < 1.29 is 24.2 Å². The lowest BCUT2D eigenvalue weighted by molar-refractivity contribution is -0.139. The second-order valence-electron chi connectivity index (χ2n) is 9.13. The van der Waals surface area contributed by atoms with Gasteiger partial charge >= 0.3 is 5.97 Å². The molecule has 4 rings (SSSR count). The second-order valence-corrected chi connectivity index (χ2v) is 11.0. The second kappa shape index (κ2) is 13.3. The monoisotopic (exact) mass is 610 g/mol. The third-order valence-corrected chi connectivity index (χ3v) is 7.84. The Balaban J connectivity index is 1.82. The van der Waals surface area contributed by atoms with Gasteiger partial charge in [0.15, 0.2) is 23.3 Å². The van der Waals surface area contributed by atoms with E-state index in [4.69, 9.17) is 42.8 Å². The number of thioether (sulfide) groups is 1. The van der Waals surface area contributed by atoms with Gasteiger partial charge in [0.05, 0.1) is 22.9 Å². The van der Waals surface area contributed by atoms with Gasteiger partial charge in [-0.15, -0.1) is 6.58 Å². The molecule has 3 aromatic rings. The number of nitrogens with zero attached hydrogens (tertiary/aromatic N) is 2. The first-order valence-electron chi connectivity index (χ1n) is 12.7. The topological polar surface area (TPSA) is 88.4 Å². The van der Waals surface area contributed by atoms with Crippen LogP contribution < -0.4 is 14.4 Å². The van der Waals surface area contributed by atoms with Crippen LogP contribution in [0.5, 0.6) is 11.5 Å². The van der Waals surface area contributed by atoms with E-state index in [9.17, 15) is 9.59 Å². The number of halogens is 2. The van der Waals surface area contributed by atoms with Gasteiger partial charge in [-0.05, 0) is 98.1 Å². The molecule has 0 spiro atoms. The number of carbonyl (C=O) groups excluding carboxylic acids is 1. The largest absolute Gasteiger partial charge is 0.490 e. The molecule has 0 aromatic heterocycles. The minimum Gasteiger partial charge on any atom is -0.490 e. The number of aliphatic carboxylic acids is 1. The molecule has 3 aromatic carbocycles. The summed E-state index contributed by atoms with van der Waals surface area (Å²) < 4.78 is 11.4. The Morgan fingerprint density at radius 1 is 1.07 bits per heavy atom. The Labute approximate surface area is 253 Å². The van der Waals surface area contributed by atoms with Gasteiger partial charge in [-0.1, -0.05) is 41.4 Å². The number of ether oxygens (including phenoxy) is 2. The van der Waals surface area contributed by atoms with Gasteiger partial charge in [0, 0.05) is 15.6 Å². The smallest absolute Gasteiger partial charge is 0.341 e. The summed E-state index contributed by atoms with van der Waals surface area (Å²) in [5.41, 5.74) is 4.35. The SMILES string of the molecule is C=CCc1cc(/C=C2/SC(=Nc3ccc(C)c(Cl)c3)N(c3ccc(C)c(Cl)c3)C2=O)cc(OCC)c1OCC(=O)O. The van der Waals surface area contributed by atoms with Crippen molar-refractivity contribution >= 4 is 69.5 Å². The summed E-state index contributed by atoms with van der Waals surface area (Å²) in [6, 6.07) is 14.4. The summed E-state index contributed by atoms with van der Waals surface area (Å²) in [6.07, 6.45) is 3.84. The molecule has 0 radical (unpaired) electrons. The molecule has 1 N–H and O–H groups in total. The van der Waals surface area contributed by atoms with E-state index >= 15 is 0 Å². The van der Waals surface area contributed by atoms with Crippen molar-refractivity contribution in [2.24, 2.45) is 4.99 Å². The first-order chi connectivity index (χ1) is 19.6. The minimum absolute atomic E-state index is 0.277. The Bertz CT molecular complexity index is 1580. The molecule has 0 saturated carbocycles. The van der Waals surface area contributed by atoms with Crippen molar-refractivity contribution in [3.8, 4) is 11.5 Å². The molecular formula is C31H28Cl2N2O5S. The molecular weight excluding hydrogens is 583 g/mol. The molecule has 0 aliphatic carbocycles. The average molecular weight is 612 g/mol. The van der Waals surface area contributed by atoms with Gasteiger partial charge in [-0.2, -0.15) is 0 Å². The van der Waals surface area contributed by atoms with Crippen LogP contribution >= 0.6 is 35.0 Å². The number of carboxylic acid groups (broad SMARTS) is 1. The van der Waals surface area contributed by atoms with E-state index in [1.165, 1.54) is 16.7 Å². The first-order valence-corrected chi connectivity index (χ1v) is 14.3. The summed E-state index contributed by atoms with van der Waals surface area (Å²) in [5, 5.41) is 10.7. The number of aliphatic imine (C=N–C) groups is 1. The molecule has 10 heteroatoms. The van der Waals surface area contributed by atoms with Crippen LogP contribution in [0, 0.1) is 13.8 Å². The number of carboxylic acids is 1. The molecule has 1 aliphatic heterocycles. The van der Waals surface area contributed by atoms with E-state index in [2.05, 4.69) is 6.58 Å². The van der Waals surface area contributed by atoms with E-state index < -0.39 is 12.6 Å². The number of carbonyl (C=O) groups is 2. The molecule has 1 aliphatic rings. The molecule has 1 amide bonds. The van der Waals surface area contributed by atoms with E-state index in [-0.39, 0.29) is 5.91 Å². The van der Waals surface area contributed by atoms with E-state index in [1.807, 2.05) is 51.1 Å². The highest BCUT2D eigenvalue weighted by molar-refractivity contribution is 8.19. The van der Waals surface area contributed by atoms with Crippen molar-refractivity contribution in [3.05, 3.63) is 98.4 Å². The third kappa shape index (κ3) is 7.14. The maximum atomic E-state index is 13.8. The van der Waals surface area contributed by atoms with Gasteiger partial charge in [0.1, 0.15) is 0 Å². The highest BCUT2D eigenvalue weighted by atomic mass is 35.5. The lowest BCUT2D eigenvalue weighted by Gasteiger charge is -2.17. The van der Waals surface area contributed by atoms with Gasteiger partial charge in [-0.25, -0.2) is 9.79 Å². The van der Waals surface area contributed by atoms with Crippen LogP contribution in [-0.2, 0) is 16.0 Å². The van der Waals surface area contributed by atoms with Crippen LogP contribution in [0.3, 0.4) is 0 Å². The van der Waals surface area contributed by atoms with E-state index in [0.717, 1.165) is 11.1 Å². The van der Waals surface area contributed by atoms with Gasteiger partial charge in [-0.3, -0.25) is 9.69 Å². The van der Waals surface area contributed by atoms with Crippen molar-refractivity contribution in [2.75, 3.05) is 18.1 Å². The number of hydrogen-bond acceptors (Lipinski definition) is 6. The van der Waals surface area contributed by atoms with Crippen molar-refractivity contribution in [1.82, 2.24) is 0 Å². The molecule has 1 saturated heterocycles. The van der Waals surface area contributed by atoms with Crippen LogP contribution in [0.2, 0.25) is 10.0 Å². The molecule has 7 nitrogen and oxygen atoms in total. The molecule has 1 fully saturated rings. The molecule has 41 heavy (non-hydrogen) atoms. The minimum atomic E-state index is -1.10. The highest BCUT2D eigenvalue weighted by Gasteiger charge is 2.35. The fraction of sp³-hybridized carbons (Fsp3) is 0.194. The number of amides is 1. The van der Waals surface area contributed by atoms with Crippen molar-refractivity contribution in [2.45, 2.75) is 27.2 Å². The molecule has 0 bridgehead atoms. The zero-order chi connectivity index (χ0) is 29.7. The first kappa shape index (κ1) is 30.2. The van der Waals surface area contributed by atoms with Gasteiger partial charge in [0.25, 0.3) is 5.91 Å². The number of benzene rings is 3. The Morgan fingerprint density at radius 2 is 1.78 bits per heavy atom. The number of amidine groups is 1. The number of anilines is 1. The average Bonchev–Trinajstić information content (AvgIpc) is 3.21. The molecule has 0 atom stereocenters. The van der Waals surface area contributed by atoms with Gasteiger partial charge in [0.2, 0.25) is 0 Å². The lowest BCUT2D eigenvalue weighted by Crippen LogP contribution is -2.28. The number of allylic oxidation sites excluding steroid dienone is 1. The van der Waals surface area contributed by atoms with Crippen molar-refractivity contribution in [3.63, 3.8) is 0 Å². The normalized spacial score (nSPS) is 15.0. The van der Waals surface area contributed by atoms with Crippen LogP contribution in [-0.4, -0.2) is 35.4 Å². The number of aryl methyl sites for hydroxylation is 2. The Kier molecular flexibility index (Phi) is 9.81. The fourth-order valence-corrected chi connectivity index (χ4v) is 5.40. The van der Waals surface area contributed by atoms with Gasteiger partial charge < -0.3 is 14.6 Å². The summed E-state index contributed by atoms with van der Waals surface area (Å²) in [4.78, 5) is 31.7. The quantitative estimate of drug-likeness (QED) is 0.185. The van der Waals surface area contributed by atoms with Crippen molar-refractivity contribution in [1.29, 1.82) is 0 Å². The number of hydrogen-bond donors (Lipinski definition) is 1.